The van der Waals surface area contributed by atoms with E-state index in [1.807, 2.05) is 13.8 Å². The van der Waals surface area contributed by atoms with Crippen molar-refractivity contribution in [1.29, 1.82) is 0 Å². The molecule has 0 saturated carbocycles. The minimum Gasteiger partial charge on any atom is -0.361 e. The highest BCUT2D eigenvalue weighted by molar-refractivity contribution is 5.25. The Morgan fingerprint density at radius 3 is 2.60 bits per heavy atom. The molecule has 6 heteroatoms. The third-order valence-electron chi connectivity index (χ3n) is 4.33. The van der Waals surface area contributed by atoms with Crippen molar-refractivity contribution in [1.82, 2.24) is 10.5 Å². The molecule has 3 nitrogen and oxygen atoms in total. The molecule has 0 saturated heterocycles. The van der Waals surface area contributed by atoms with E-state index < -0.39 is 11.7 Å². The molecule has 2 aromatic rings. The Labute approximate surface area is 146 Å². The molecule has 0 fully saturated rings. The number of nitrogens with one attached hydrogen (secondary N) is 1. The van der Waals surface area contributed by atoms with E-state index in [1.54, 1.807) is 6.07 Å². The van der Waals surface area contributed by atoms with Crippen LogP contribution in [0.15, 0.2) is 28.8 Å². The van der Waals surface area contributed by atoms with Crippen LogP contribution in [0.5, 0.6) is 0 Å². The summed E-state index contributed by atoms with van der Waals surface area (Å²) in [7, 11) is 0. The van der Waals surface area contributed by atoms with Crippen LogP contribution in [0, 0.1) is 13.8 Å². The number of benzene rings is 1. The minimum atomic E-state index is -4.27. The van der Waals surface area contributed by atoms with E-state index in [4.69, 9.17) is 4.52 Å². The summed E-state index contributed by atoms with van der Waals surface area (Å²) < 4.78 is 43.2. The molecule has 1 N–H and O–H groups in total. The molecule has 25 heavy (non-hydrogen) atoms. The second kappa shape index (κ2) is 8.52. The van der Waals surface area contributed by atoms with Gasteiger partial charge in [0.15, 0.2) is 0 Å². The van der Waals surface area contributed by atoms with Crippen LogP contribution in [-0.4, -0.2) is 17.7 Å². The van der Waals surface area contributed by atoms with Crippen LogP contribution in [0.25, 0.3) is 0 Å². The maximum Gasteiger partial charge on any atom is 0.416 e. The van der Waals surface area contributed by atoms with E-state index in [0.29, 0.717) is 12.5 Å². The third-order valence-corrected chi connectivity index (χ3v) is 4.33. The quantitative estimate of drug-likeness (QED) is 0.689. The van der Waals surface area contributed by atoms with Crippen molar-refractivity contribution in [3.63, 3.8) is 0 Å². The smallest absolute Gasteiger partial charge is 0.361 e. The van der Waals surface area contributed by atoms with Gasteiger partial charge < -0.3 is 9.84 Å². The first-order chi connectivity index (χ1) is 11.8. The predicted molar refractivity (Wildman–Crippen MR) is 91.5 cm³/mol. The lowest BCUT2D eigenvalue weighted by Crippen LogP contribution is -2.29. The molecule has 1 unspecified atom stereocenters. The predicted octanol–water partition coefficient (Wildman–Crippen LogP) is 4.85. The molecule has 0 aliphatic rings. The summed E-state index contributed by atoms with van der Waals surface area (Å²) in [6, 6.07) is 5.88. The number of alkyl halides is 3. The zero-order valence-corrected chi connectivity index (χ0v) is 14.9. The van der Waals surface area contributed by atoms with Crippen LogP contribution in [0.2, 0.25) is 0 Å². The largest absolute Gasteiger partial charge is 0.416 e. The number of rotatable bonds is 8. The molecule has 138 valence electrons. The summed E-state index contributed by atoms with van der Waals surface area (Å²) in [4.78, 5) is 0. The highest BCUT2D eigenvalue weighted by atomic mass is 19.4. The highest BCUT2D eigenvalue weighted by Crippen LogP contribution is 2.29. The number of aromatic nitrogens is 1. The lowest BCUT2D eigenvalue weighted by molar-refractivity contribution is -0.137. The van der Waals surface area contributed by atoms with Gasteiger partial charge >= 0.3 is 6.18 Å². The Morgan fingerprint density at radius 1 is 1.20 bits per heavy atom. The second-order valence-corrected chi connectivity index (χ2v) is 6.52. The SMILES string of the molecule is Cc1noc(C)c1CC(C)NCCCCc1cccc(C(F)(F)F)c1. The summed E-state index contributed by atoms with van der Waals surface area (Å²) in [6.45, 7) is 6.80. The van der Waals surface area contributed by atoms with Crippen LogP contribution in [-0.2, 0) is 19.0 Å². The first kappa shape index (κ1) is 19.5. The molecule has 0 radical (unpaired) electrons. The van der Waals surface area contributed by atoms with Gasteiger partial charge in [0.2, 0.25) is 0 Å². The number of nitrogens with zero attached hydrogens (tertiary/aromatic N) is 1. The van der Waals surface area contributed by atoms with Crippen molar-refractivity contribution in [2.24, 2.45) is 0 Å². The van der Waals surface area contributed by atoms with Crippen molar-refractivity contribution >= 4 is 0 Å². The molecule has 0 spiro atoms. The van der Waals surface area contributed by atoms with Gasteiger partial charge in [-0.15, -0.1) is 0 Å². The van der Waals surface area contributed by atoms with Crippen LogP contribution < -0.4 is 5.32 Å². The van der Waals surface area contributed by atoms with Crippen LogP contribution in [0.4, 0.5) is 13.2 Å². The monoisotopic (exact) mass is 354 g/mol. The first-order valence-corrected chi connectivity index (χ1v) is 8.58. The van der Waals surface area contributed by atoms with Gasteiger partial charge in [0.05, 0.1) is 11.3 Å². The van der Waals surface area contributed by atoms with Gasteiger partial charge in [0.25, 0.3) is 0 Å². The molecule has 1 atom stereocenters. The normalized spacial score (nSPS) is 13.2. The minimum absolute atomic E-state index is 0.297. The summed E-state index contributed by atoms with van der Waals surface area (Å²) in [5.41, 5.74) is 2.23. The molecule has 2 rings (SSSR count). The molecule has 0 amide bonds. The number of hydrogen-bond donors (Lipinski definition) is 1. The molecule has 0 aliphatic carbocycles. The van der Waals surface area contributed by atoms with Gasteiger partial charge in [-0.3, -0.25) is 0 Å². The average molecular weight is 354 g/mol. The Balaban J connectivity index is 1.70. The Bertz CT molecular complexity index is 660. The van der Waals surface area contributed by atoms with Gasteiger partial charge in [-0.05, 0) is 64.6 Å². The van der Waals surface area contributed by atoms with Crippen molar-refractivity contribution in [2.45, 2.75) is 58.7 Å². The lowest BCUT2D eigenvalue weighted by atomic mass is 10.0. The van der Waals surface area contributed by atoms with E-state index in [0.717, 1.165) is 54.5 Å². The fraction of sp³-hybridized carbons (Fsp3) is 0.526. The van der Waals surface area contributed by atoms with Gasteiger partial charge in [-0.1, -0.05) is 23.4 Å². The fourth-order valence-electron chi connectivity index (χ4n) is 2.88. The zero-order valence-electron chi connectivity index (χ0n) is 14.9. The molecule has 1 aromatic heterocycles. The van der Waals surface area contributed by atoms with Crippen molar-refractivity contribution < 1.29 is 17.7 Å². The van der Waals surface area contributed by atoms with Crippen LogP contribution >= 0.6 is 0 Å². The third kappa shape index (κ3) is 5.88. The highest BCUT2D eigenvalue weighted by Gasteiger charge is 2.30. The van der Waals surface area contributed by atoms with E-state index in [1.165, 1.54) is 12.1 Å². The standard InChI is InChI=1S/C19H25F3N2O/c1-13(11-18-14(2)24-25-15(18)3)23-10-5-4-7-16-8-6-9-17(12-16)19(20,21)22/h6,8-9,12-13,23H,4-5,7,10-11H2,1-3H3. The van der Waals surface area contributed by atoms with Crippen LogP contribution in [0.1, 0.15) is 47.9 Å². The summed E-state index contributed by atoms with van der Waals surface area (Å²) in [6.07, 6.45) is -0.988. The zero-order chi connectivity index (χ0) is 18.4. The lowest BCUT2D eigenvalue weighted by Gasteiger charge is -2.13. The van der Waals surface area contributed by atoms with E-state index in [9.17, 15) is 13.2 Å². The fourth-order valence-corrected chi connectivity index (χ4v) is 2.88. The Morgan fingerprint density at radius 2 is 1.96 bits per heavy atom. The van der Waals surface area contributed by atoms with Crippen molar-refractivity contribution in [2.75, 3.05) is 6.54 Å². The molecule has 1 heterocycles. The van der Waals surface area contributed by atoms with E-state index in [2.05, 4.69) is 17.4 Å². The van der Waals surface area contributed by atoms with E-state index in [-0.39, 0.29) is 0 Å². The molecule has 0 bridgehead atoms. The van der Waals surface area contributed by atoms with Gasteiger partial charge in [0, 0.05) is 11.6 Å². The van der Waals surface area contributed by atoms with Crippen molar-refractivity contribution in [3.8, 4) is 0 Å². The molecular formula is C19H25F3N2O. The number of aryl methyl sites for hydroxylation is 3. The number of halogens is 3. The molecular weight excluding hydrogens is 329 g/mol. The van der Waals surface area contributed by atoms with Gasteiger partial charge in [0.1, 0.15) is 5.76 Å². The Kier molecular flexibility index (Phi) is 6.64. The number of hydrogen-bond acceptors (Lipinski definition) is 3. The second-order valence-electron chi connectivity index (χ2n) is 6.52. The summed E-state index contributed by atoms with van der Waals surface area (Å²) in [5.74, 6) is 0.857. The maximum absolute atomic E-state index is 12.7. The van der Waals surface area contributed by atoms with Crippen LogP contribution in [0.3, 0.4) is 0 Å². The van der Waals surface area contributed by atoms with Gasteiger partial charge in [-0.2, -0.15) is 13.2 Å². The molecule has 0 aliphatic heterocycles. The van der Waals surface area contributed by atoms with E-state index >= 15 is 0 Å². The topological polar surface area (TPSA) is 38.1 Å². The summed E-state index contributed by atoms with van der Waals surface area (Å²) >= 11 is 0. The molecule has 1 aromatic carbocycles. The van der Waals surface area contributed by atoms with Crippen molar-refractivity contribution in [3.05, 3.63) is 52.4 Å². The van der Waals surface area contributed by atoms with Gasteiger partial charge in [-0.25, -0.2) is 0 Å². The Hall–Kier alpha value is -1.82. The summed E-state index contributed by atoms with van der Waals surface area (Å²) in [5, 5.41) is 7.40. The average Bonchev–Trinajstić information content (AvgIpc) is 2.86. The maximum atomic E-state index is 12.7. The first-order valence-electron chi connectivity index (χ1n) is 8.58. The number of unbranched alkanes of at least 4 members (excludes halogenated alkanes) is 1.